The number of benzene rings is 4. The first-order chi connectivity index (χ1) is 35.5. The third kappa shape index (κ3) is 17.7. The lowest BCUT2D eigenvalue weighted by Crippen LogP contribution is -2.57. The number of rotatable bonds is 29. The van der Waals surface area contributed by atoms with Crippen molar-refractivity contribution in [1.82, 2.24) is 21.3 Å². The maximum Gasteiger partial charge on any atom is 0.404 e. The number of nitrogens with one attached hydrogen (secondary N) is 4. The largest absolute Gasteiger partial charge is 0.459 e. The summed E-state index contributed by atoms with van der Waals surface area (Å²) in [6.45, 7) is 10.7. The topological polar surface area (TPSA) is 187 Å². The molecule has 1 fully saturated rings. The standard InChI is InChI=1S/C57H75F2N4O10P/c1-7-41-24-28-45(29-25-41)53(65)60-33-17-16-22-48(56(68)71-37-44-20-14-11-15-21-44)62-55(67)50(36-43-26-30-46(31-27-43)57(58,59)74(69,72-8-2)73-9-3)63-54(66)49(35-42-18-12-10-13-19-42)61-52(64)38-70-51-34-40(6)23-32-47(51)39(4)5/h10-15,18-21,24-31,39-40,47-51H,7-9,16-17,22-23,32-38H2,1-6H3,(H,60,65)(H,61,64)(H,62,67)(H,63,66)/t40-,47+,48-,49-,50-,51-/m0/s1. The van der Waals surface area contributed by atoms with E-state index in [1.165, 1.54) is 26.0 Å². The highest BCUT2D eigenvalue weighted by Gasteiger charge is 2.54. The fraction of sp³-hybridized carbons (Fsp3) is 0.491. The van der Waals surface area contributed by atoms with Gasteiger partial charge in [-0.15, -0.1) is 0 Å². The summed E-state index contributed by atoms with van der Waals surface area (Å²) in [5, 5.41) is 11.3. The van der Waals surface area contributed by atoms with E-state index in [1.54, 1.807) is 60.7 Å². The number of aryl methyl sites for hydroxylation is 1. The van der Waals surface area contributed by atoms with Crippen molar-refractivity contribution in [1.29, 1.82) is 0 Å². The first kappa shape index (κ1) is 59.1. The van der Waals surface area contributed by atoms with E-state index in [4.69, 9.17) is 18.5 Å². The van der Waals surface area contributed by atoms with Gasteiger partial charge in [-0.1, -0.05) is 131 Å². The molecule has 17 heteroatoms. The molecule has 0 saturated heterocycles. The average molecular weight is 1050 g/mol. The normalized spacial score (nSPS) is 17.1. The van der Waals surface area contributed by atoms with Crippen LogP contribution in [0.25, 0.3) is 0 Å². The van der Waals surface area contributed by atoms with Crippen molar-refractivity contribution in [3.63, 3.8) is 0 Å². The Morgan fingerprint density at radius 2 is 1.24 bits per heavy atom. The monoisotopic (exact) mass is 1040 g/mol. The van der Waals surface area contributed by atoms with Crippen molar-refractivity contribution in [2.45, 2.75) is 136 Å². The highest BCUT2D eigenvalue weighted by Crippen LogP contribution is 2.66. The van der Waals surface area contributed by atoms with E-state index < -0.39 is 60.6 Å². The first-order valence-electron chi connectivity index (χ1n) is 26.0. The van der Waals surface area contributed by atoms with Crippen LogP contribution in [0.1, 0.15) is 118 Å². The van der Waals surface area contributed by atoms with Gasteiger partial charge in [0.25, 0.3) is 5.91 Å². The summed E-state index contributed by atoms with van der Waals surface area (Å²) in [4.78, 5) is 69.7. The highest BCUT2D eigenvalue weighted by molar-refractivity contribution is 7.54. The van der Waals surface area contributed by atoms with E-state index in [0.717, 1.165) is 48.9 Å². The quantitative estimate of drug-likeness (QED) is 0.0232. The minimum Gasteiger partial charge on any atom is -0.459 e. The summed E-state index contributed by atoms with van der Waals surface area (Å²) < 4.78 is 66.8. The molecule has 0 unspecified atom stereocenters. The van der Waals surface area contributed by atoms with Crippen LogP contribution in [0.4, 0.5) is 8.78 Å². The molecule has 6 atom stereocenters. The molecule has 0 spiro atoms. The number of halogens is 2. The van der Waals surface area contributed by atoms with Gasteiger partial charge in [0.1, 0.15) is 31.3 Å². The van der Waals surface area contributed by atoms with Crippen LogP contribution in [-0.4, -0.2) is 80.2 Å². The molecular weight excluding hydrogens is 970 g/mol. The van der Waals surface area contributed by atoms with Crippen LogP contribution in [0.5, 0.6) is 0 Å². The van der Waals surface area contributed by atoms with Crippen LogP contribution in [0.15, 0.2) is 109 Å². The summed E-state index contributed by atoms with van der Waals surface area (Å²) in [5.74, 6) is -1.98. The van der Waals surface area contributed by atoms with E-state index in [2.05, 4.69) is 42.0 Å². The second-order valence-corrected chi connectivity index (χ2v) is 21.4. The average Bonchev–Trinajstić information content (AvgIpc) is 3.39. The van der Waals surface area contributed by atoms with Crippen LogP contribution in [0.3, 0.4) is 0 Å². The number of unbranched alkanes of at least 4 members (excludes halogenated alkanes) is 1. The molecule has 0 heterocycles. The van der Waals surface area contributed by atoms with Gasteiger partial charge in [-0.3, -0.25) is 23.7 Å². The van der Waals surface area contributed by atoms with E-state index in [0.29, 0.717) is 41.4 Å². The van der Waals surface area contributed by atoms with Crippen molar-refractivity contribution in [2.24, 2.45) is 17.8 Å². The number of carbonyl (C=O) groups is 5. The SMILES string of the molecule is CCOP(=O)(OCC)C(F)(F)c1ccc(C[C@H](NC(=O)[C@H](Cc2ccccc2)NC(=O)CO[C@H]2C[C@@H](C)CC[C@@H]2C(C)C)C(=O)N[C@@H](CCCCNC(=O)c2ccc(CC)cc2)C(=O)OCc2ccccc2)cc1. The number of alkyl halides is 2. The summed E-state index contributed by atoms with van der Waals surface area (Å²) in [6, 6.07) is 26.2. The molecule has 0 aromatic heterocycles. The lowest BCUT2D eigenvalue weighted by atomic mass is 9.75. The summed E-state index contributed by atoms with van der Waals surface area (Å²) >= 11 is 0. The van der Waals surface area contributed by atoms with Gasteiger partial charge in [0.15, 0.2) is 0 Å². The Kier molecular flexibility index (Phi) is 23.4. The Balaban J connectivity index is 1.40. The molecule has 0 aliphatic heterocycles. The fourth-order valence-corrected chi connectivity index (χ4v) is 10.6. The Hall–Kier alpha value is -5.80. The van der Waals surface area contributed by atoms with Crippen molar-refractivity contribution >= 4 is 37.2 Å². The van der Waals surface area contributed by atoms with E-state index in [-0.39, 0.29) is 70.2 Å². The molecule has 0 bridgehead atoms. The molecule has 4 aromatic carbocycles. The molecular formula is C57H75F2N4O10P. The van der Waals surface area contributed by atoms with Crippen molar-refractivity contribution in [2.75, 3.05) is 26.4 Å². The van der Waals surface area contributed by atoms with E-state index in [9.17, 15) is 28.5 Å². The second-order valence-electron chi connectivity index (χ2n) is 19.3. The van der Waals surface area contributed by atoms with Gasteiger partial charge in [0.05, 0.1) is 19.3 Å². The molecule has 4 amide bonds. The van der Waals surface area contributed by atoms with Crippen LogP contribution in [0.2, 0.25) is 0 Å². The number of carbonyl (C=O) groups excluding carboxylic acids is 5. The first-order valence-corrected chi connectivity index (χ1v) is 27.5. The predicted octanol–water partition coefficient (Wildman–Crippen LogP) is 9.63. The lowest BCUT2D eigenvalue weighted by molar-refractivity contribution is -0.149. The minimum atomic E-state index is -4.95. The maximum absolute atomic E-state index is 15.8. The molecule has 4 aromatic rings. The van der Waals surface area contributed by atoms with Crippen LogP contribution in [0, 0.1) is 17.8 Å². The molecule has 4 N–H and O–H groups in total. The van der Waals surface area contributed by atoms with Crippen molar-refractivity contribution < 1.29 is 55.8 Å². The predicted molar refractivity (Wildman–Crippen MR) is 280 cm³/mol. The van der Waals surface area contributed by atoms with Gasteiger partial charge >= 0.3 is 19.2 Å². The smallest absolute Gasteiger partial charge is 0.404 e. The number of ether oxygens (including phenoxy) is 2. The van der Waals surface area contributed by atoms with Crippen molar-refractivity contribution in [3.8, 4) is 0 Å². The van der Waals surface area contributed by atoms with Gasteiger partial charge in [-0.05, 0) is 105 Å². The highest BCUT2D eigenvalue weighted by atomic mass is 31.2. The van der Waals surface area contributed by atoms with Gasteiger partial charge in [0.2, 0.25) is 17.7 Å². The molecule has 14 nitrogen and oxygen atoms in total. The van der Waals surface area contributed by atoms with Crippen LogP contribution < -0.4 is 21.3 Å². The van der Waals surface area contributed by atoms with Crippen molar-refractivity contribution in [3.05, 3.63) is 143 Å². The van der Waals surface area contributed by atoms with E-state index >= 15 is 8.78 Å². The minimum absolute atomic E-state index is 0.0420. The van der Waals surface area contributed by atoms with Gasteiger partial charge in [-0.2, -0.15) is 8.78 Å². The molecule has 1 aliphatic rings. The Bertz CT molecular complexity index is 2440. The molecule has 5 rings (SSSR count). The molecule has 0 radical (unpaired) electrons. The number of esters is 1. The Morgan fingerprint density at radius 3 is 1.82 bits per heavy atom. The summed E-state index contributed by atoms with van der Waals surface area (Å²) in [5.41, 5.74) is -1.33. The maximum atomic E-state index is 15.8. The zero-order chi connectivity index (χ0) is 53.7. The van der Waals surface area contributed by atoms with Gasteiger partial charge in [-0.25, -0.2) is 4.79 Å². The third-order valence-corrected chi connectivity index (χ3v) is 15.4. The number of amides is 4. The Labute approximate surface area is 435 Å². The number of hydrogen-bond donors (Lipinski definition) is 4. The molecule has 1 aliphatic carbocycles. The lowest BCUT2D eigenvalue weighted by Gasteiger charge is -2.37. The third-order valence-electron chi connectivity index (χ3n) is 13.3. The van der Waals surface area contributed by atoms with Gasteiger partial charge < -0.3 is 39.8 Å². The summed E-state index contributed by atoms with van der Waals surface area (Å²) in [7, 11) is -4.95. The van der Waals surface area contributed by atoms with Crippen LogP contribution >= 0.6 is 7.60 Å². The molecule has 402 valence electrons. The number of hydrogen-bond acceptors (Lipinski definition) is 10. The Morgan fingerprint density at radius 1 is 0.689 bits per heavy atom. The van der Waals surface area contributed by atoms with E-state index in [1.807, 2.05) is 31.2 Å². The zero-order valence-corrected chi connectivity index (χ0v) is 44.5. The van der Waals surface area contributed by atoms with Gasteiger partial charge in [0, 0.05) is 30.5 Å². The fourth-order valence-electron chi connectivity index (χ4n) is 9.06. The van der Waals surface area contributed by atoms with Crippen LogP contribution in [-0.2, 0) is 73.8 Å². The second kappa shape index (κ2) is 29.3. The summed E-state index contributed by atoms with van der Waals surface area (Å²) in [6.07, 6.45) is 4.25. The molecule has 74 heavy (non-hydrogen) atoms. The zero-order valence-electron chi connectivity index (χ0n) is 43.6. The molecule has 1 saturated carbocycles.